The van der Waals surface area contributed by atoms with Crippen molar-refractivity contribution < 1.29 is 0 Å². The van der Waals surface area contributed by atoms with E-state index in [1.54, 1.807) is 0 Å². The van der Waals surface area contributed by atoms with Crippen molar-refractivity contribution in [2.75, 3.05) is 36.2 Å². The summed E-state index contributed by atoms with van der Waals surface area (Å²) in [6.07, 6.45) is 4.14. The van der Waals surface area contributed by atoms with Crippen LogP contribution in [0.2, 0.25) is 0 Å². The highest BCUT2D eigenvalue weighted by Gasteiger charge is 2.08. The molecule has 0 aliphatic rings. The number of nitrogens with zero attached hydrogens (tertiary/aromatic N) is 2. The highest BCUT2D eigenvalue weighted by Crippen LogP contribution is 2.19. The summed E-state index contributed by atoms with van der Waals surface area (Å²) in [5, 5.41) is 6.51. The molecule has 0 aromatic carbocycles. The number of aromatic nitrogens is 2. The lowest BCUT2D eigenvalue weighted by Gasteiger charge is -2.13. The predicted molar refractivity (Wildman–Crippen MR) is 77.2 cm³/mol. The fourth-order valence-corrected chi connectivity index (χ4v) is 1.99. The summed E-state index contributed by atoms with van der Waals surface area (Å²) >= 11 is 1.87. The molecule has 17 heavy (non-hydrogen) atoms. The number of anilines is 2. The van der Waals surface area contributed by atoms with Crippen molar-refractivity contribution in [2.24, 2.45) is 0 Å². The molecule has 0 spiro atoms. The number of nitrogens with one attached hydrogen (secondary N) is 2. The summed E-state index contributed by atoms with van der Waals surface area (Å²) in [7, 11) is 1.90. The minimum Gasteiger partial charge on any atom is -0.373 e. The predicted octanol–water partition coefficient (Wildman–Crippen LogP) is 2.55. The second-order valence-electron chi connectivity index (χ2n) is 3.84. The van der Waals surface area contributed by atoms with Crippen LogP contribution in [0, 0.1) is 6.92 Å². The van der Waals surface area contributed by atoms with Gasteiger partial charge in [-0.2, -0.15) is 11.8 Å². The first-order chi connectivity index (χ1) is 8.22. The number of hydrogen-bond donors (Lipinski definition) is 2. The molecule has 96 valence electrons. The standard InChI is InChI=1S/C12H22N4S/c1-5-10-15-11(13-3)9(2)12(16-10)14-7-6-8-17-4/h5-8H2,1-4H3,(H2,13,14,15,16). The first-order valence-corrected chi connectivity index (χ1v) is 7.40. The number of thioether (sulfide) groups is 1. The first-order valence-electron chi connectivity index (χ1n) is 6.01. The van der Waals surface area contributed by atoms with Crippen LogP contribution in [-0.4, -0.2) is 35.6 Å². The Balaban J connectivity index is 2.75. The van der Waals surface area contributed by atoms with Crippen LogP contribution in [0.1, 0.15) is 24.7 Å². The molecule has 0 bridgehead atoms. The smallest absolute Gasteiger partial charge is 0.134 e. The fourth-order valence-electron chi connectivity index (χ4n) is 1.56. The maximum atomic E-state index is 4.53. The molecule has 2 N–H and O–H groups in total. The third-order valence-electron chi connectivity index (χ3n) is 2.56. The van der Waals surface area contributed by atoms with E-state index in [-0.39, 0.29) is 0 Å². The molecule has 0 amide bonds. The molecule has 0 unspecified atom stereocenters. The van der Waals surface area contributed by atoms with Gasteiger partial charge >= 0.3 is 0 Å². The van der Waals surface area contributed by atoms with E-state index in [0.29, 0.717) is 0 Å². The Morgan fingerprint density at radius 1 is 1.24 bits per heavy atom. The Bertz CT molecular complexity index is 355. The maximum Gasteiger partial charge on any atom is 0.134 e. The molecule has 0 aliphatic heterocycles. The molecule has 1 rings (SSSR count). The Morgan fingerprint density at radius 3 is 2.53 bits per heavy atom. The van der Waals surface area contributed by atoms with E-state index in [0.717, 1.165) is 42.4 Å². The summed E-state index contributed by atoms with van der Waals surface area (Å²) in [6.45, 7) is 5.08. The van der Waals surface area contributed by atoms with Crippen LogP contribution >= 0.6 is 11.8 Å². The molecule has 0 aliphatic carbocycles. The van der Waals surface area contributed by atoms with Gasteiger partial charge in [-0.15, -0.1) is 0 Å². The van der Waals surface area contributed by atoms with Crippen molar-refractivity contribution >= 4 is 23.4 Å². The van der Waals surface area contributed by atoms with Gasteiger partial charge < -0.3 is 10.6 Å². The van der Waals surface area contributed by atoms with Gasteiger partial charge in [0.15, 0.2) is 0 Å². The SMILES string of the molecule is CCc1nc(NC)c(C)c(NCCCSC)n1. The average Bonchev–Trinajstić information content (AvgIpc) is 2.36. The van der Waals surface area contributed by atoms with Gasteiger partial charge in [-0.25, -0.2) is 9.97 Å². The monoisotopic (exact) mass is 254 g/mol. The van der Waals surface area contributed by atoms with Crippen LogP contribution in [0.25, 0.3) is 0 Å². The maximum absolute atomic E-state index is 4.53. The Labute approximate surface area is 108 Å². The van der Waals surface area contributed by atoms with Crippen LogP contribution in [0.4, 0.5) is 11.6 Å². The second kappa shape index (κ2) is 7.37. The zero-order valence-electron chi connectivity index (χ0n) is 11.1. The number of aryl methyl sites for hydroxylation is 1. The van der Waals surface area contributed by atoms with Crippen molar-refractivity contribution in [1.29, 1.82) is 0 Å². The molecule has 1 aromatic heterocycles. The minimum atomic E-state index is 0.856. The zero-order chi connectivity index (χ0) is 12.7. The van der Waals surface area contributed by atoms with Gasteiger partial charge in [0.05, 0.1) is 0 Å². The van der Waals surface area contributed by atoms with Gasteiger partial charge in [0, 0.05) is 25.6 Å². The average molecular weight is 254 g/mol. The van der Waals surface area contributed by atoms with Gasteiger partial charge in [-0.3, -0.25) is 0 Å². The third kappa shape index (κ3) is 4.07. The van der Waals surface area contributed by atoms with Gasteiger partial charge in [0.2, 0.25) is 0 Å². The molecule has 0 saturated carbocycles. The Hall–Kier alpha value is -0.970. The van der Waals surface area contributed by atoms with Crippen molar-refractivity contribution in [3.8, 4) is 0 Å². The molecule has 4 nitrogen and oxygen atoms in total. The van der Waals surface area contributed by atoms with E-state index in [9.17, 15) is 0 Å². The second-order valence-corrected chi connectivity index (χ2v) is 4.82. The molecular formula is C12H22N4S. The fraction of sp³-hybridized carbons (Fsp3) is 0.667. The largest absolute Gasteiger partial charge is 0.373 e. The van der Waals surface area contributed by atoms with E-state index in [1.165, 1.54) is 5.75 Å². The quantitative estimate of drug-likeness (QED) is 0.732. The highest BCUT2D eigenvalue weighted by atomic mass is 32.2. The van der Waals surface area contributed by atoms with E-state index in [4.69, 9.17) is 0 Å². The topological polar surface area (TPSA) is 49.8 Å². The highest BCUT2D eigenvalue weighted by molar-refractivity contribution is 7.98. The minimum absolute atomic E-state index is 0.856. The van der Waals surface area contributed by atoms with E-state index in [1.807, 2.05) is 25.7 Å². The first kappa shape index (κ1) is 14.1. The summed E-state index contributed by atoms with van der Waals surface area (Å²) in [4.78, 5) is 8.98. The van der Waals surface area contributed by atoms with Gasteiger partial charge in [0.1, 0.15) is 17.5 Å². The van der Waals surface area contributed by atoms with Crippen LogP contribution in [0.5, 0.6) is 0 Å². The summed E-state index contributed by atoms with van der Waals surface area (Å²) in [6, 6.07) is 0. The normalized spacial score (nSPS) is 10.4. The lowest BCUT2D eigenvalue weighted by Crippen LogP contribution is -2.10. The van der Waals surface area contributed by atoms with Crippen molar-refractivity contribution in [2.45, 2.75) is 26.7 Å². The molecule has 1 aromatic rings. The molecule has 0 radical (unpaired) electrons. The molecular weight excluding hydrogens is 232 g/mol. The lowest BCUT2D eigenvalue weighted by atomic mass is 10.3. The van der Waals surface area contributed by atoms with E-state index < -0.39 is 0 Å². The van der Waals surface area contributed by atoms with Crippen LogP contribution < -0.4 is 10.6 Å². The third-order valence-corrected chi connectivity index (χ3v) is 3.26. The summed E-state index contributed by atoms with van der Waals surface area (Å²) < 4.78 is 0. The van der Waals surface area contributed by atoms with Gasteiger partial charge in [-0.1, -0.05) is 6.92 Å². The van der Waals surface area contributed by atoms with Gasteiger partial charge in [0.25, 0.3) is 0 Å². The number of hydrogen-bond acceptors (Lipinski definition) is 5. The van der Waals surface area contributed by atoms with Crippen LogP contribution in [0.3, 0.4) is 0 Å². The van der Waals surface area contributed by atoms with Crippen molar-refractivity contribution in [3.63, 3.8) is 0 Å². The lowest BCUT2D eigenvalue weighted by molar-refractivity contribution is 0.912. The molecule has 0 fully saturated rings. The summed E-state index contributed by atoms with van der Waals surface area (Å²) in [5.74, 6) is 3.94. The zero-order valence-corrected chi connectivity index (χ0v) is 11.9. The van der Waals surface area contributed by atoms with Crippen molar-refractivity contribution in [3.05, 3.63) is 11.4 Å². The number of rotatable bonds is 7. The molecule has 5 heteroatoms. The Kier molecular flexibility index (Phi) is 6.11. The Morgan fingerprint density at radius 2 is 1.94 bits per heavy atom. The molecule has 0 atom stereocenters. The van der Waals surface area contributed by atoms with Crippen LogP contribution in [0.15, 0.2) is 0 Å². The van der Waals surface area contributed by atoms with Crippen LogP contribution in [-0.2, 0) is 6.42 Å². The van der Waals surface area contributed by atoms with Crippen molar-refractivity contribution in [1.82, 2.24) is 9.97 Å². The van der Waals surface area contributed by atoms with E-state index >= 15 is 0 Å². The van der Waals surface area contributed by atoms with E-state index in [2.05, 4.69) is 33.8 Å². The van der Waals surface area contributed by atoms with Gasteiger partial charge in [-0.05, 0) is 25.4 Å². The summed E-state index contributed by atoms with van der Waals surface area (Å²) in [5.41, 5.74) is 1.09. The molecule has 1 heterocycles. The molecule has 0 saturated heterocycles.